The summed E-state index contributed by atoms with van der Waals surface area (Å²) in [4.78, 5) is 14.7. The Balaban J connectivity index is 2.00. The zero-order chi connectivity index (χ0) is 20.9. The van der Waals surface area contributed by atoms with Crippen molar-refractivity contribution in [2.75, 3.05) is 26.2 Å². The summed E-state index contributed by atoms with van der Waals surface area (Å²) in [7, 11) is 0. The molecule has 0 aliphatic heterocycles. The number of benzene rings is 1. The Kier molecular flexibility index (Phi) is 6.93. The molecule has 0 aliphatic rings. The molecular formula is C21H27F3N2O2. The quantitative estimate of drug-likeness (QED) is 0.678. The largest absolute Gasteiger partial charge is 0.451 e. The van der Waals surface area contributed by atoms with E-state index in [-0.39, 0.29) is 17.1 Å². The predicted molar refractivity (Wildman–Crippen MR) is 103 cm³/mol. The molecule has 0 saturated heterocycles. The third-order valence-corrected chi connectivity index (χ3v) is 4.60. The lowest BCUT2D eigenvalue weighted by Gasteiger charge is -2.31. The average Bonchev–Trinajstić information content (AvgIpc) is 3.14. The van der Waals surface area contributed by atoms with Gasteiger partial charge in [0.05, 0.1) is 5.56 Å². The molecule has 1 heterocycles. The number of carbonyl (C=O) groups is 1. The summed E-state index contributed by atoms with van der Waals surface area (Å²) in [5.41, 5.74) is -0.352. The Hall–Kier alpha value is -2.28. The highest BCUT2D eigenvalue weighted by atomic mass is 19.4. The molecule has 0 saturated carbocycles. The maximum atomic E-state index is 12.7. The molecule has 0 unspecified atom stereocenters. The van der Waals surface area contributed by atoms with Crippen molar-refractivity contribution in [2.45, 2.75) is 33.9 Å². The van der Waals surface area contributed by atoms with E-state index >= 15 is 0 Å². The Bertz CT molecular complexity index is 776. The van der Waals surface area contributed by atoms with E-state index in [2.05, 4.69) is 37.9 Å². The smallest absolute Gasteiger partial charge is 0.416 e. The van der Waals surface area contributed by atoms with Crippen LogP contribution >= 0.6 is 0 Å². The Morgan fingerprint density at radius 3 is 2.18 bits per heavy atom. The lowest BCUT2D eigenvalue weighted by Crippen LogP contribution is -2.42. The van der Waals surface area contributed by atoms with Crippen LogP contribution in [-0.2, 0) is 6.18 Å². The first-order chi connectivity index (χ1) is 13.1. The van der Waals surface area contributed by atoms with Gasteiger partial charge in [-0.25, -0.2) is 0 Å². The molecule has 0 aliphatic carbocycles. The van der Waals surface area contributed by atoms with Crippen LogP contribution in [0.5, 0.6) is 0 Å². The van der Waals surface area contributed by atoms with Crippen molar-refractivity contribution in [1.82, 2.24) is 10.2 Å². The van der Waals surface area contributed by atoms with Gasteiger partial charge in [-0.15, -0.1) is 0 Å². The van der Waals surface area contributed by atoms with Crippen LogP contribution in [0.4, 0.5) is 13.2 Å². The fourth-order valence-corrected chi connectivity index (χ4v) is 2.95. The number of carbonyl (C=O) groups excluding carboxylic acids is 1. The third kappa shape index (κ3) is 5.86. The van der Waals surface area contributed by atoms with E-state index in [0.29, 0.717) is 17.9 Å². The normalized spacial score (nSPS) is 12.4. The zero-order valence-electron chi connectivity index (χ0n) is 16.7. The molecule has 154 valence electrons. The van der Waals surface area contributed by atoms with Gasteiger partial charge in [-0.05, 0) is 42.8 Å². The number of nitrogens with zero attached hydrogens (tertiary/aromatic N) is 1. The number of furan rings is 1. The van der Waals surface area contributed by atoms with Crippen LogP contribution < -0.4 is 5.32 Å². The highest BCUT2D eigenvalue weighted by molar-refractivity contribution is 5.92. The van der Waals surface area contributed by atoms with Crippen LogP contribution in [0.25, 0.3) is 11.3 Å². The van der Waals surface area contributed by atoms with Gasteiger partial charge in [-0.1, -0.05) is 39.8 Å². The number of hydrogen-bond acceptors (Lipinski definition) is 3. The Labute approximate surface area is 163 Å². The molecule has 2 rings (SSSR count). The van der Waals surface area contributed by atoms with Crippen molar-refractivity contribution in [1.29, 1.82) is 0 Å². The van der Waals surface area contributed by atoms with E-state index in [1.54, 1.807) is 6.07 Å². The number of rotatable bonds is 8. The van der Waals surface area contributed by atoms with Crippen LogP contribution in [0.2, 0.25) is 0 Å². The van der Waals surface area contributed by atoms with Gasteiger partial charge in [0.15, 0.2) is 5.76 Å². The summed E-state index contributed by atoms with van der Waals surface area (Å²) in [6.45, 7) is 11.6. The maximum absolute atomic E-state index is 12.7. The van der Waals surface area contributed by atoms with Crippen molar-refractivity contribution in [3.63, 3.8) is 0 Å². The summed E-state index contributed by atoms with van der Waals surface area (Å²) in [5.74, 6) is 0.139. The van der Waals surface area contributed by atoms with Gasteiger partial charge in [-0.2, -0.15) is 13.2 Å². The van der Waals surface area contributed by atoms with Gasteiger partial charge in [0.25, 0.3) is 5.91 Å². The summed E-state index contributed by atoms with van der Waals surface area (Å²) in [6, 6.07) is 7.76. The molecule has 7 heteroatoms. The number of amides is 1. The van der Waals surface area contributed by atoms with Gasteiger partial charge < -0.3 is 14.6 Å². The first-order valence-electron chi connectivity index (χ1n) is 9.33. The second-order valence-electron chi connectivity index (χ2n) is 7.55. The molecule has 28 heavy (non-hydrogen) atoms. The molecule has 1 N–H and O–H groups in total. The minimum Gasteiger partial charge on any atom is -0.451 e. The van der Waals surface area contributed by atoms with Gasteiger partial charge in [0, 0.05) is 18.7 Å². The lowest BCUT2D eigenvalue weighted by atomic mass is 9.92. The minimum atomic E-state index is -4.38. The molecule has 4 nitrogen and oxygen atoms in total. The second kappa shape index (κ2) is 8.82. The standard InChI is InChI=1S/C21H27F3N2O2/c1-5-26(6-2)14-20(3,4)13-25-19(27)18-12-11-17(28-18)15-7-9-16(10-8-15)21(22,23)24/h7-12H,5-6,13-14H2,1-4H3,(H,25,27). The first-order valence-corrected chi connectivity index (χ1v) is 9.33. The van der Waals surface area contributed by atoms with Crippen LogP contribution in [0, 0.1) is 5.41 Å². The lowest BCUT2D eigenvalue weighted by molar-refractivity contribution is -0.137. The van der Waals surface area contributed by atoms with Crippen molar-refractivity contribution < 1.29 is 22.4 Å². The van der Waals surface area contributed by atoms with Gasteiger partial charge in [0.1, 0.15) is 5.76 Å². The van der Waals surface area contributed by atoms with E-state index < -0.39 is 11.7 Å². The topological polar surface area (TPSA) is 45.5 Å². The van der Waals surface area contributed by atoms with Gasteiger partial charge in [-0.3, -0.25) is 4.79 Å². The van der Waals surface area contributed by atoms with E-state index in [1.807, 2.05) is 0 Å². The molecule has 0 atom stereocenters. The second-order valence-corrected chi connectivity index (χ2v) is 7.55. The van der Waals surface area contributed by atoms with Crippen molar-refractivity contribution >= 4 is 5.91 Å². The van der Waals surface area contributed by atoms with E-state index in [9.17, 15) is 18.0 Å². The molecule has 0 radical (unpaired) electrons. The van der Waals surface area contributed by atoms with Crippen molar-refractivity contribution in [3.8, 4) is 11.3 Å². The molecule has 0 spiro atoms. The fourth-order valence-electron chi connectivity index (χ4n) is 2.95. The number of hydrogen-bond donors (Lipinski definition) is 1. The molecule has 1 amide bonds. The fraction of sp³-hybridized carbons (Fsp3) is 0.476. The third-order valence-electron chi connectivity index (χ3n) is 4.60. The summed E-state index contributed by atoms with van der Waals surface area (Å²) >= 11 is 0. The molecular weight excluding hydrogens is 369 g/mol. The highest BCUT2D eigenvalue weighted by Crippen LogP contribution is 2.31. The summed E-state index contributed by atoms with van der Waals surface area (Å²) in [6.07, 6.45) is -4.38. The Morgan fingerprint density at radius 1 is 1.04 bits per heavy atom. The average molecular weight is 396 g/mol. The monoisotopic (exact) mass is 396 g/mol. The summed E-state index contributed by atoms with van der Waals surface area (Å²) in [5, 5.41) is 2.88. The SMILES string of the molecule is CCN(CC)CC(C)(C)CNC(=O)c1ccc(-c2ccc(C(F)(F)F)cc2)o1. The van der Waals surface area contributed by atoms with Gasteiger partial charge >= 0.3 is 6.18 Å². The minimum absolute atomic E-state index is 0.107. The molecule has 1 aromatic carbocycles. The van der Waals surface area contributed by atoms with Crippen LogP contribution in [-0.4, -0.2) is 37.0 Å². The van der Waals surface area contributed by atoms with E-state index in [0.717, 1.165) is 31.8 Å². The van der Waals surface area contributed by atoms with Crippen LogP contribution in [0.3, 0.4) is 0 Å². The number of nitrogens with one attached hydrogen (secondary N) is 1. The van der Waals surface area contributed by atoms with E-state index in [1.165, 1.54) is 18.2 Å². The highest BCUT2D eigenvalue weighted by Gasteiger charge is 2.30. The predicted octanol–water partition coefficient (Wildman–Crippen LogP) is 5.06. The summed E-state index contributed by atoms with van der Waals surface area (Å²) < 4.78 is 43.5. The zero-order valence-corrected chi connectivity index (χ0v) is 16.7. The van der Waals surface area contributed by atoms with Gasteiger partial charge in [0.2, 0.25) is 0 Å². The molecule has 1 aromatic heterocycles. The van der Waals surface area contributed by atoms with Crippen LogP contribution in [0.1, 0.15) is 43.8 Å². The maximum Gasteiger partial charge on any atom is 0.416 e. The Morgan fingerprint density at radius 2 is 1.64 bits per heavy atom. The van der Waals surface area contributed by atoms with Crippen molar-refractivity contribution in [2.24, 2.45) is 5.41 Å². The number of alkyl halides is 3. The molecule has 0 fully saturated rings. The molecule has 2 aromatic rings. The number of halogens is 3. The van der Waals surface area contributed by atoms with Crippen LogP contribution in [0.15, 0.2) is 40.8 Å². The van der Waals surface area contributed by atoms with E-state index in [4.69, 9.17) is 4.42 Å². The molecule has 0 bridgehead atoms. The van der Waals surface area contributed by atoms with Crippen molar-refractivity contribution in [3.05, 3.63) is 47.7 Å². The first kappa shape index (κ1) is 22.0.